The number of aromatic nitrogens is 4. The van der Waals surface area contributed by atoms with Gasteiger partial charge in [-0.3, -0.25) is 4.79 Å². The van der Waals surface area contributed by atoms with E-state index in [2.05, 4.69) is 15.2 Å². The fourth-order valence-electron chi connectivity index (χ4n) is 3.70. The molecule has 2 aromatic heterocycles. The normalized spacial score (nSPS) is 13.5. The van der Waals surface area contributed by atoms with Gasteiger partial charge in [-0.2, -0.15) is 20.0 Å². The smallest absolute Gasteiger partial charge is 0.298 e. The van der Waals surface area contributed by atoms with Crippen molar-refractivity contribution in [2.45, 2.75) is 25.8 Å². The Balaban J connectivity index is 1.37. The molecule has 1 aliphatic carbocycles. The van der Waals surface area contributed by atoms with Crippen LogP contribution in [-0.2, 0) is 0 Å². The van der Waals surface area contributed by atoms with Gasteiger partial charge in [0, 0.05) is 26.2 Å². The van der Waals surface area contributed by atoms with Crippen molar-refractivity contribution in [2.24, 2.45) is 0 Å². The number of nitrogens with zero attached hydrogens (tertiary/aromatic N) is 6. The number of aryl methyl sites for hydroxylation is 1. The first kappa shape index (κ1) is 19.3. The molecular weight excluding hydrogens is 392 g/mol. The predicted octanol–water partition coefficient (Wildman–Crippen LogP) is 3.46. The van der Waals surface area contributed by atoms with Crippen molar-refractivity contribution in [2.75, 3.05) is 25.0 Å². The number of carbonyl (C=O) groups excluding carboxylic acids is 1. The van der Waals surface area contributed by atoms with Gasteiger partial charge >= 0.3 is 0 Å². The van der Waals surface area contributed by atoms with E-state index < -0.39 is 0 Å². The van der Waals surface area contributed by atoms with E-state index in [1.807, 2.05) is 66.2 Å². The highest BCUT2D eigenvalue weighted by atomic mass is 16.4. The maximum absolute atomic E-state index is 13.6. The lowest BCUT2D eigenvalue weighted by atomic mass is 10.1. The number of rotatable bonds is 7. The second kappa shape index (κ2) is 7.86. The maximum atomic E-state index is 13.6. The van der Waals surface area contributed by atoms with Gasteiger partial charge in [0.2, 0.25) is 0 Å². The zero-order chi connectivity index (χ0) is 21.4. The van der Waals surface area contributed by atoms with Crippen molar-refractivity contribution >= 4 is 23.0 Å². The number of carbonyl (C=O) groups is 1. The van der Waals surface area contributed by atoms with Crippen LogP contribution in [0, 0.1) is 6.92 Å². The van der Waals surface area contributed by atoms with Gasteiger partial charge in [0.1, 0.15) is 5.52 Å². The van der Waals surface area contributed by atoms with Gasteiger partial charge in [-0.15, -0.1) is 0 Å². The molecule has 0 bridgehead atoms. The number of para-hydroxylation sites is 2. The minimum absolute atomic E-state index is 0.00413. The van der Waals surface area contributed by atoms with Gasteiger partial charge in [0.25, 0.3) is 11.9 Å². The van der Waals surface area contributed by atoms with Crippen LogP contribution in [0.15, 0.2) is 59.3 Å². The number of benzene rings is 2. The molecule has 2 heterocycles. The Kier molecular flexibility index (Phi) is 4.89. The van der Waals surface area contributed by atoms with E-state index >= 15 is 0 Å². The largest absolute Gasteiger partial charge is 0.423 e. The van der Waals surface area contributed by atoms with E-state index in [1.165, 1.54) is 4.80 Å². The summed E-state index contributed by atoms with van der Waals surface area (Å²) >= 11 is 0. The molecule has 5 rings (SSSR count). The van der Waals surface area contributed by atoms with Crippen molar-refractivity contribution in [3.8, 4) is 5.69 Å². The average molecular weight is 416 g/mol. The Bertz CT molecular complexity index is 1180. The molecule has 1 amide bonds. The van der Waals surface area contributed by atoms with E-state index in [9.17, 15) is 4.79 Å². The van der Waals surface area contributed by atoms with Crippen LogP contribution in [0.5, 0.6) is 0 Å². The lowest BCUT2D eigenvalue weighted by Crippen LogP contribution is -2.39. The summed E-state index contributed by atoms with van der Waals surface area (Å²) in [6, 6.07) is 14.3. The molecule has 1 fully saturated rings. The SMILES string of the molecule is Cc1ccc(-n2nccn2)c(C(=O)N(CCN(C)c2nc3ccccc3o2)C2CC2)c1. The van der Waals surface area contributed by atoms with Crippen LogP contribution in [0.1, 0.15) is 28.8 Å². The van der Waals surface area contributed by atoms with E-state index in [-0.39, 0.29) is 11.9 Å². The zero-order valence-electron chi connectivity index (χ0n) is 17.6. The Morgan fingerprint density at radius 1 is 1.13 bits per heavy atom. The van der Waals surface area contributed by atoms with Crippen LogP contribution >= 0.6 is 0 Å². The molecule has 0 aliphatic heterocycles. The molecule has 31 heavy (non-hydrogen) atoms. The molecular formula is C23H24N6O2. The standard InChI is InChI=1S/C23H24N6O2/c1-16-7-10-20(29-24-11-12-25-29)18(15-16)22(30)28(17-8-9-17)14-13-27(2)23-26-19-5-3-4-6-21(19)31-23/h3-7,10-12,15,17H,8-9,13-14H2,1-2H3. The van der Waals surface area contributed by atoms with Gasteiger partial charge in [-0.1, -0.05) is 23.8 Å². The monoisotopic (exact) mass is 416 g/mol. The topological polar surface area (TPSA) is 80.3 Å². The first-order valence-corrected chi connectivity index (χ1v) is 10.4. The summed E-state index contributed by atoms with van der Waals surface area (Å²) in [5.41, 5.74) is 3.93. The molecule has 8 heteroatoms. The molecule has 158 valence electrons. The highest BCUT2D eigenvalue weighted by Crippen LogP contribution is 2.30. The number of likely N-dealkylation sites (N-methyl/N-ethyl adjacent to an activating group) is 1. The molecule has 0 atom stereocenters. The van der Waals surface area contributed by atoms with Crippen molar-refractivity contribution in [3.63, 3.8) is 0 Å². The summed E-state index contributed by atoms with van der Waals surface area (Å²) in [6.45, 7) is 3.19. The quantitative estimate of drug-likeness (QED) is 0.459. The van der Waals surface area contributed by atoms with Crippen molar-refractivity contribution in [1.29, 1.82) is 0 Å². The highest BCUT2D eigenvalue weighted by molar-refractivity contribution is 5.98. The van der Waals surface area contributed by atoms with Crippen LogP contribution in [0.25, 0.3) is 16.8 Å². The predicted molar refractivity (Wildman–Crippen MR) is 117 cm³/mol. The molecule has 8 nitrogen and oxygen atoms in total. The number of fused-ring (bicyclic) bond motifs is 1. The van der Waals surface area contributed by atoms with Gasteiger partial charge in [0.05, 0.1) is 23.6 Å². The molecule has 2 aromatic carbocycles. The van der Waals surface area contributed by atoms with E-state index in [1.54, 1.807) is 12.4 Å². The molecule has 0 radical (unpaired) electrons. The van der Waals surface area contributed by atoms with Crippen LogP contribution in [0.2, 0.25) is 0 Å². The second-order valence-electron chi connectivity index (χ2n) is 7.95. The number of hydrogen-bond donors (Lipinski definition) is 0. The van der Waals surface area contributed by atoms with Crippen molar-refractivity contribution in [1.82, 2.24) is 24.9 Å². The summed E-state index contributed by atoms with van der Waals surface area (Å²) in [7, 11) is 1.94. The van der Waals surface area contributed by atoms with Crippen molar-refractivity contribution < 1.29 is 9.21 Å². The van der Waals surface area contributed by atoms with Gasteiger partial charge in [-0.05, 0) is 44.0 Å². The zero-order valence-corrected chi connectivity index (χ0v) is 17.6. The van der Waals surface area contributed by atoms with Crippen LogP contribution in [0.4, 0.5) is 6.01 Å². The highest BCUT2D eigenvalue weighted by Gasteiger charge is 2.34. The third kappa shape index (κ3) is 3.88. The molecule has 0 saturated heterocycles. The first-order chi connectivity index (χ1) is 15.1. The maximum Gasteiger partial charge on any atom is 0.298 e. The van der Waals surface area contributed by atoms with Gasteiger partial charge in [-0.25, -0.2) is 0 Å². The molecule has 0 spiro atoms. The number of oxazole rings is 1. The molecule has 1 saturated carbocycles. The Labute approximate surface area is 180 Å². The van der Waals surface area contributed by atoms with E-state index in [4.69, 9.17) is 4.42 Å². The lowest BCUT2D eigenvalue weighted by molar-refractivity contribution is 0.0747. The van der Waals surface area contributed by atoms with Gasteiger partial charge in [0.15, 0.2) is 5.58 Å². The summed E-state index contributed by atoms with van der Waals surface area (Å²) in [5, 5.41) is 8.44. The molecule has 4 aromatic rings. The van der Waals surface area contributed by atoms with Crippen molar-refractivity contribution in [3.05, 3.63) is 66.0 Å². The number of amides is 1. The van der Waals surface area contributed by atoms with E-state index in [0.717, 1.165) is 29.5 Å². The third-order valence-corrected chi connectivity index (χ3v) is 5.55. The van der Waals surface area contributed by atoms with Crippen LogP contribution < -0.4 is 4.90 Å². The number of hydrogen-bond acceptors (Lipinski definition) is 6. The molecule has 0 unspecified atom stereocenters. The van der Waals surface area contributed by atoms with Crippen LogP contribution in [0.3, 0.4) is 0 Å². The molecule has 0 N–H and O–H groups in total. The minimum Gasteiger partial charge on any atom is -0.423 e. The summed E-state index contributed by atoms with van der Waals surface area (Å²) in [4.78, 5) is 23.5. The summed E-state index contributed by atoms with van der Waals surface area (Å²) < 4.78 is 5.86. The molecule has 1 aliphatic rings. The lowest BCUT2D eigenvalue weighted by Gasteiger charge is -2.26. The fraction of sp³-hybridized carbons (Fsp3) is 0.304. The van der Waals surface area contributed by atoms with Crippen LogP contribution in [-0.4, -0.2) is 57.0 Å². The summed E-state index contributed by atoms with van der Waals surface area (Å²) in [6.07, 6.45) is 5.28. The Hall–Kier alpha value is -3.68. The van der Waals surface area contributed by atoms with Gasteiger partial charge < -0.3 is 14.2 Å². The average Bonchev–Trinajstić information content (AvgIpc) is 3.28. The Morgan fingerprint density at radius 3 is 2.65 bits per heavy atom. The third-order valence-electron chi connectivity index (χ3n) is 5.55. The fourth-order valence-corrected chi connectivity index (χ4v) is 3.70. The summed E-state index contributed by atoms with van der Waals surface area (Å²) in [5.74, 6) is 0.00413. The Morgan fingerprint density at radius 2 is 1.90 bits per heavy atom. The van der Waals surface area contributed by atoms with E-state index in [0.29, 0.717) is 30.4 Å². The second-order valence-corrected chi connectivity index (χ2v) is 7.95. The first-order valence-electron chi connectivity index (χ1n) is 10.4. The number of anilines is 1. The minimum atomic E-state index is 0.00413.